The van der Waals surface area contributed by atoms with E-state index in [1.54, 1.807) is 0 Å². The second-order valence-corrected chi connectivity index (χ2v) is 7.67. The van der Waals surface area contributed by atoms with Crippen LogP contribution in [0.4, 0.5) is 0 Å². The monoisotopic (exact) mass is 389 g/mol. The van der Waals surface area contributed by atoms with E-state index < -0.39 is 0 Å². The number of amides is 1. The van der Waals surface area contributed by atoms with Gasteiger partial charge < -0.3 is 10.1 Å². The summed E-state index contributed by atoms with van der Waals surface area (Å²) in [7, 11) is 0. The molecule has 0 aromatic heterocycles. The Kier molecular flexibility index (Phi) is 11.5. The highest BCUT2D eigenvalue weighted by Gasteiger charge is 2.19. The van der Waals surface area contributed by atoms with Gasteiger partial charge in [0.05, 0.1) is 5.92 Å². The molecule has 1 saturated heterocycles. The van der Waals surface area contributed by atoms with E-state index in [4.69, 9.17) is 4.74 Å². The van der Waals surface area contributed by atoms with Crippen molar-refractivity contribution in [3.8, 4) is 0 Å². The number of carbonyl (C=O) groups is 2. The molecule has 3 rings (SSSR count). The Morgan fingerprint density at radius 1 is 1.14 bits per heavy atom. The smallest absolute Gasteiger partial charge is 0.308 e. The van der Waals surface area contributed by atoms with Crippen LogP contribution in [0.5, 0.6) is 0 Å². The zero-order valence-electron chi connectivity index (χ0n) is 18.4. The summed E-state index contributed by atoms with van der Waals surface area (Å²) >= 11 is 0. The van der Waals surface area contributed by atoms with E-state index in [1.807, 2.05) is 34.6 Å². The van der Waals surface area contributed by atoms with Crippen LogP contribution in [0.25, 0.3) is 0 Å². The normalized spacial score (nSPS) is 19.6. The molecule has 1 aliphatic heterocycles. The number of ether oxygens (including phenoxy) is 1. The minimum absolute atomic E-state index is 0.00323. The molecule has 0 bridgehead atoms. The third kappa shape index (κ3) is 8.45. The maximum Gasteiger partial charge on any atom is 0.308 e. The molecule has 0 spiro atoms. The van der Waals surface area contributed by atoms with Gasteiger partial charge in [0.15, 0.2) is 0 Å². The lowest BCUT2D eigenvalue weighted by molar-refractivity contribution is -0.149. The van der Waals surface area contributed by atoms with Gasteiger partial charge in [-0.05, 0) is 43.2 Å². The first-order valence-corrected chi connectivity index (χ1v) is 11.0. The van der Waals surface area contributed by atoms with Crippen LogP contribution in [0, 0.1) is 5.92 Å². The first-order chi connectivity index (χ1) is 13.5. The Balaban J connectivity index is 0.000000411. The van der Waals surface area contributed by atoms with Crippen LogP contribution < -0.4 is 5.32 Å². The molecule has 28 heavy (non-hydrogen) atoms. The number of esters is 1. The quantitative estimate of drug-likeness (QED) is 0.516. The van der Waals surface area contributed by atoms with Crippen molar-refractivity contribution in [2.45, 2.75) is 98.1 Å². The number of benzene rings is 1. The molecule has 2 unspecified atom stereocenters. The summed E-state index contributed by atoms with van der Waals surface area (Å²) in [5, 5.41) is 2.67. The Bertz CT molecular complexity index is 568. The highest BCUT2D eigenvalue weighted by Crippen LogP contribution is 2.32. The van der Waals surface area contributed by atoms with Gasteiger partial charge in [0.25, 0.3) is 0 Å². The fourth-order valence-electron chi connectivity index (χ4n) is 3.32. The van der Waals surface area contributed by atoms with Gasteiger partial charge >= 0.3 is 5.97 Å². The Labute approximate surface area is 171 Å². The summed E-state index contributed by atoms with van der Waals surface area (Å²) < 4.78 is 5.33. The minimum Gasteiger partial charge on any atom is -0.461 e. The molecular formula is C24H39NO3. The molecule has 4 heteroatoms. The molecule has 158 valence electrons. The fraction of sp³-hybridized carbons (Fsp3) is 0.667. The largest absolute Gasteiger partial charge is 0.461 e. The molecule has 1 N–H and O–H groups in total. The zero-order chi connectivity index (χ0) is 20.9. The number of nitrogens with one attached hydrogen (secondary N) is 1. The van der Waals surface area contributed by atoms with Gasteiger partial charge in [-0.3, -0.25) is 9.59 Å². The highest BCUT2D eigenvalue weighted by molar-refractivity contribution is 5.82. The zero-order valence-corrected chi connectivity index (χ0v) is 18.4. The fourth-order valence-corrected chi connectivity index (χ4v) is 3.32. The van der Waals surface area contributed by atoms with Gasteiger partial charge in [-0.25, -0.2) is 0 Å². The molecule has 0 radical (unpaired) electrons. The molecule has 2 fully saturated rings. The summed E-state index contributed by atoms with van der Waals surface area (Å²) in [5.74, 6) is 0.823. The molecule has 4 nitrogen and oxygen atoms in total. The van der Waals surface area contributed by atoms with Crippen LogP contribution in [-0.2, 0) is 20.9 Å². The van der Waals surface area contributed by atoms with Crippen molar-refractivity contribution >= 4 is 11.9 Å². The molecule has 1 aliphatic carbocycles. The van der Waals surface area contributed by atoms with E-state index in [1.165, 1.54) is 37.7 Å². The lowest BCUT2D eigenvalue weighted by Crippen LogP contribution is -2.46. The van der Waals surface area contributed by atoms with Gasteiger partial charge in [-0.15, -0.1) is 0 Å². The maximum absolute atomic E-state index is 11.6. The van der Waals surface area contributed by atoms with Crippen molar-refractivity contribution in [1.29, 1.82) is 0 Å². The number of carbonyl (C=O) groups excluding carboxylic acids is 2. The maximum atomic E-state index is 11.6. The molecule has 2 aliphatic rings. The third-order valence-corrected chi connectivity index (χ3v) is 5.35. The summed E-state index contributed by atoms with van der Waals surface area (Å²) in [6, 6.07) is 9.07. The topological polar surface area (TPSA) is 55.4 Å². The van der Waals surface area contributed by atoms with Crippen molar-refractivity contribution in [1.82, 2.24) is 5.32 Å². The summed E-state index contributed by atoms with van der Waals surface area (Å²) in [6.45, 7) is 10.3. The molecule has 1 aromatic rings. The Morgan fingerprint density at radius 2 is 1.71 bits per heavy atom. The lowest BCUT2D eigenvalue weighted by atomic mass is 9.84. The van der Waals surface area contributed by atoms with Crippen molar-refractivity contribution in [3.63, 3.8) is 0 Å². The number of hydrogen-bond donors (Lipinski definition) is 1. The second kappa shape index (κ2) is 13.4. The van der Waals surface area contributed by atoms with Crippen LogP contribution in [0.15, 0.2) is 24.3 Å². The minimum atomic E-state index is -0.0937. The van der Waals surface area contributed by atoms with Crippen LogP contribution in [0.3, 0.4) is 0 Å². The number of β-lactam (4-membered cyclic amide) rings is 1. The Morgan fingerprint density at radius 3 is 2.14 bits per heavy atom. The van der Waals surface area contributed by atoms with Gasteiger partial charge in [-0.2, -0.15) is 0 Å². The van der Waals surface area contributed by atoms with E-state index in [0.29, 0.717) is 12.6 Å². The van der Waals surface area contributed by atoms with E-state index in [-0.39, 0.29) is 17.8 Å². The van der Waals surface area contributed by atoms with Crippen LogP contribution in [0.2, 0.25) is 0 Å². The van der Waals surface area contributed by atoms with Gasteiger partial charge in [-0.1, -0.05) is 71.2 Å². The van der Waals surface area contributed by atoms with E-state index >= 15 is 0 Å². The molecule has 1 aromatic carbocycles. The molecule has 1 amide bonds. The summed E-state index contributed by atoms with van der Waals surface area (Å²) in [5.41, 5.74) is 2.53. The van der Waals surface area contributed by atoms with E-state index in [2.05, 4.69) is 29.6 Å². The summed E-state index contributed by atoms with van der Waals surface area (Å²) in [4.78, 5) is 21.6. The molecule has 1 heterocycles. The number of rotatable bonds is 5. The van der Waals surface area contributed by atoms with Gasteiger partial charge in [0, 0.05) is 12.5 Å². The second-order valence-electron chi connectivity index (χ2n) is 7.67. The Hall–Kier alpha value is -1.84. The van der Waals surface area contributed by atoms with E-state index in [0.717, 1.165) is 24.3 Å². The molecule has 2 atom stereocenters. The predicted molar refractivity (Wildman–Crippen MR) is 115 cm³/mol. The first-order valence-electron chi connectivity index (χ1n) is 11.0. The lowest BCUT2D eigenvalue weighted by Gasteiger charge is -2.22. The number of hydrogen-bond acceptors (Lipinski definition) is 3. The van der Waals surface area contributed by atoms with Crippen LogP contribution >= 0.6 is 0 Å². The predicted octanol–water partition coefficient (Wildman–Crippen LogP) is 5.74. The van der Waals surface area contributed by atoms with Crippen molar-refractivity contribution in [2.24, 2.45) is 5.92 Å². The van der Waals surface area contributed by atoms with Crippen molar-refractivity contribution < 1.29 is 14.3 Å². The van der Waals surface area contributed by atoms with Crippen LogP contribution in [-0.4, -0.2) is 17.9 Å². The highest BCUT2D eigenvalue weighted by atomic mass is 16.5. The van der Waals surface area contributed by atoms with Crippen LogP contribution in [0.1, 0.15) is 96.6 Å². The average molecular weight is 390 g/mol. The van der Waals surface area contributed by atoms with Gasteiger partial charge in [0.2, 0.25) is 5.91 Å². The van der Waals surface area contributed by atoms with Gasteiger partial charge in [0.1, 0.15) is 6.61 Å². The first kappa shape index (κ1) is 24.2. The molecule has 1 saturated carbocycles. The standard InChI is InChI=1S/C18H26O2.C4H7NO.C2H6/c1-3-14(2)18(19)20-13-15-9-11-17(12-10-15)16-7-5-4-6-8-16;1-3-2-4(6)5-3;1-2/h9-12,14,16H,3-8,13H2,1-2H3;3H,2H2,1H3,(H,5,6);1-2H3. The van der Waals surface area contributed by atoms with Crippen molar-refractivity contribution in [3.05, 3.63) is 35.4 Å². The third-order valence-electron chi connectivity index (χ3n) is 5.35. The van der Waals surface area contributed by atoms with Crippen molar-refractivity contribution in [2.75, 3.05) is 0 Å². The molecular weight excluding hydrogens is 350 g/mol. The summed E-state index contributed by atoms with van der Waals surface area (Å²) in [6.07, 6.45) is 8.31. The average Bonchev–Trinajstić information content (AvgIpc) is 2.73. The van der Waals surface area contributed by atoms with E-state index in [9.17, 15) is 9.59 Å². The SMILES string of the molecule is CC.CC1CC(=O)N1.CCC(C)C(=O)OCc1ccc(C2CCCCC2)cc1.